The van der Waals surface area contributed by atoms with Crippen LogP contribution in [0, 0.1) is 5.92 Å². The molecule has 0 bridgehead atoms. The number of rotatable bonds is 3. The van der Waals surface area contributed by atoms with Crippen LogP contribution < -0.4 is 0 Å². The van der Waals surface area contributed by atoms with Crippen LogP contribution >= 0.6 is 0 Å². The number of aliphatic hydroxyl groups is 1. The fraction of sp³-hybridized carbons (Fsp3) is 0.412. The van der Waals surface area contributed by atoms with Gasteiger partial charge in [-0.3, -0.25) is 9.48 Å². The standard InChI is InChI=1S/C17H21N3O2/c1-13-7-10-19(12-16(13)21)17(22)15-5-3-14(4-6-15)11-20-9-2-8-18-20/h2-6,8-9,13,16,21H,7,10-12H2,1H3. The van der Waals surface area contributed by atoms with Gasteiger partial charge in [-0.2, -0.15) is 5.10 Å². The number of carbonyl (C=O) groups is 1. The van der Waals surface area contributed by atoms with Gasteiger partial charge >= 0.3 is 0 Å². The Kier molecular flexibility index (Phi) is 4.24. The van der Waals surface area contributed by atoms with Gasteiger partial charge in [-0.15, -0.1) is 0 Å². The number of hydrogen-bond acceptors (Lipinski definition) is 3. The molecular formula is C17H21N3O2. The minimum absolute atomic E-state index is 0.00316. The number of carbonyl (C=O) groups excluding carboxylic acids is 1. The first-order valence-corrected chi connectivity index (χ1v) is 7.67. The second-order valence-corrected chi connectivity index (χ2v) is 5.99. The van der Waals surface area contributed by atoms with Gasteiger partial charge in [0.2, 0.25) is 0 Å². The predicted molar refractivity (Wildman–Crippen MR) is 83.5 cm³/mol. The van der Waals surface area contributed by atoms with Gasteiger partial charge in [0, 0.05) is 31.0 Å². The Bertz CT molecular complexity index is 622. The van der Waals surface area contributed by atoms with E-state index in [-0.39, 0.29) is 11.8 Å². The summed E-state index contributed by atoms with van der Waals surface area (Å²) in [5.41, 5.74) is 1.78. The normalized spacial score (nSPS) is 21.8. The molecule has 5 heteroatoms. The molecule has 1 N–H and O–H groups in total. The molecule has 2 atom stereocenters. The fourth-order valence-corrected chi connectivity index (χ4v) is 2.75. The molecule has 5 nitrogen and oxygen atoms in total. The first kappa shape index (κ1) is 14.8. The molecule has 0 radical (unpaired) electrons. The SMILES string of the molecule is CC1CCN(C(=O)c2ccc(Cn3cccn3)cc2)CC1O. The van der Waals surface area contributed by atoms with Crippen LogP contribution in [-0.2, 0) is 6.54 Å². The fourth-order valence-electron chi connectivity index (χ4n) is 2.75. The third-order valence-electron chi connectivity index (χ3n) is 4.31. The number of aromatic nitrogens is 2. The third kappa shape index (κ3) is 3.20. The summed E-state index contributed by atoms with van der Waals surface area (Å²) in [5, 5.41) is 14.1. The Balaban J connectivity index is 1.66. The zero-order valence-electron chi connectivity index (χ0n) is 12.7. The van der Waals surface area contributed by atoms with Gasteiger partial charge in [0.25, 0.3) is 5.91 Å². The summed E-state index contributed by atoms with van der Waals surface area (Å²) in [6.07, 6.45) is 4.09. The Morgan fingerprint density at radius 3 is 2.77 bits per heavy atom. The molecule has 22 heavy (non-hydrogen) atoms. The quantitative estimate of drug-likeness (QED) is 0.940. The van der Waals surface area contributed by atoms with Crippen molar-refractivity contribution in [3.05, 3.63) is 53.9 Å². The molecule has 1 aromatic carbocycles. The van der Waals surface area contributed by atoms with E-state index in [0.29, 0.717) is 25.2 Å². The molecular weight excluding hydrogens is 278 g/mol. The monoisotopic (exact) mass is 299 g/mol. The number of nitrogens with zero attached hydrogens (tertiary/aromatic N) is 3. The Morgan fingerprint density at radius 1 is 1.36 bits per heavy atom. The number of amides is 1. The van der Waals surface area contributed by atoms with Gasteiger partial charge in [0.1, 0.15) is 0 Å². The van der Waals surface area contributed by atoms with Crippen molar-refractivity contribution in [1.82, 2.24) is 14.7 Å². The van der Waals surface area contributed by atoms with E-state index in [1.807, 2.05) is 48.1 Å². The minimum Gasteiger partial charge on any atom is -0.391 e. The molecule has 0 saturated carbocycles. The highest BCUT2D eigenvalue weighted by atomic mass is 16.3. The van der Waals surface area contributed by atoms with Crippen molar-refractivity contribution in [2.75, 3.05) is 13.1 Å². The van der Waals surface area contributed by atoms with E-state index in [4.69, 9.17) is 0 Å². The summed E-state index contributed by atoms with van der Waals surface area (Å²) < 4.78 is 1.85. The van der Waals surface area contributed by atoms with Crippen LogP contribution in [0.2, 0.25) is 0 Å². The van der Waals surface area contributed by atoms with Gasteiger partial charge in [-0.25, -0.2) is 0 Å². The first-order valence-electron chi connectivity index (χ1n) is 7.67. The van der Waals surface area contributed by atoms with Crippen molar-refractivity contribution in [3.8, 4) is 0 Å². The van der Waals surface area contributed by atoms with Gasteiger partial charge < -0.3 is 10.0 Å². The van der Waals surface area contributed by atoms with Gasteiger partial charge in [-0.1, -0.05) is 19.1 Å². The van der Waals surface area contributed by atoms with Gasteiger partial charge in [0.05, 0.1) is 12.6 Å². The summed E-state index contributed by atoms with van der Waals surface area (Å²) in [5.74, 6) is 0.261. The average Bonchev–Trinajstić information content (AvgIpc) is 3.03. The summed E-state index contributed by atoms with van der Waals surface area (Å²) in [4.78, 5) is 14.2. The first-order chi connectivity index (χ1) is 10.6. The highest BCUT2D eigenvalue weighted by Crippen LogP contribution is 2.19. The van der Waals surface area contributed by atoms with Crippen molar-refractivity contribution >= 4 is 5.91 Å². The van der Waals surface area contributed by atoms with E-state index in [1.54, 1.807) is 11.1 Å². The maximum Gasteiger partial charge on any atom is 0.253 e. The van der Waals surface area contributed by atoms with Crippen molar-refractivity contribution < 1.29 is 9.90 Å². The van der Waals surface area contributed by atoms with E-state index in [1.165, 1.54) is 0 Å². The second kappa shape index (κ2) is 6.32. The predicted octanol–water partition coefficient (Wildman–Crippen LogP) is 1.77. The average molecular weight is 299 g/mol. The number of β-amino-alcohol motifs (C(OH)–C–C–N with tert-alkyl or cyclic N) is 1. The van der Waals surface area contributed by atoms with Crippen molar-refractivity contribution in [3.63, 3.8) is 0 Å². The van der Waals surface area contributed by atoms with Crippen LogP contribution in [0.3, 0.4) is 0 Å². The van der Waals surface area contributed by atoms with E-state index in [0.717, 1.165) is 12.0 Å². The van der Waals surface area contributed by atoms with Crippen LogP contribution in [-0.4, -0.2) is 44.9 Å². The summed E-state index contributed by atoms with van der Waals surface area (Å²) in [6, 6.07) is 9.51. The highest BCUT2D eigenvalue weighted by molar-refractivity contribution is 5.94. The Hall–Kier alpha value is -2.14. The number of hydrogen-bond donors (Lipinski definition) is 1. The largest absolute Gasteiger partial charge is 0.391 e. The van der Waals surface area contributed by atoms with Crippen LogP contribution in [0.4, 0.5) is 0 Å². The minimum atomic E-state index is -0.420. The van der Waals surface area contributed by atoms with Crippen LogP contribution in [0.25, 0.3) is 0 Å². The van der Waals surface area contributed by atoms with Crippen molar-refractivity contribution in [2.24, 2.45) is 5.92 Å². The maximum absolute atomic E-state index is 12.5. The number of aliphatic hydroxyl groups excluding tert-OH is 1. The molecule has 2 aromatic rings. The van der Waals surface area contributed by atoms with Gasteiger partial charge in [0.15, 0.2) is 0 Å². The molecule has 1 aromatic heterocycles. The number of piperidine rings is 1. The lowest BCUT2D eigenvalue weighted by Crippen LogP contribution is -2.45. The van der Waals surface area contributed by atoms with E-state index in [2.05, 4.69) is 5.10 Å². The molecule has 1 fully saturated rings. The van der Waals surface area contributed by atoms with Crippen LogP contribution in [0.5, 0.6) is 0 Å². The molecule has 1 aliphatic heterocycles. The molecule has 0 spiro atoms. The zero-order valence-corrected chi connectivity index (χ0v) is 12.7. The topological polar surface area (TPSA) is 58.4 Å². The van der Waals surface area contributed by atoms with E-state index in [9.17, 15) is 9.90 Å². The van der Waals surface area contributed by atoms with Crippen LogP contribution in [0.1, 0.15) is 29.3 Å². The van der Waals surface area contributed by atoms with Crippen molar-refractivity contribution in [2.45, 2.75) is 26.0 Å². The number of likely N-dealkylation sites (tertiary alicyclic amines) is 1. The summed E-state index contributed by atoms with van der Waals surface area (Å²) in [6.45, 7) is 3.86. The molecule has 1 amide bonds. The third-order valence-corrected chi connectivity index (χ3v) is 4.31. The molecule has 0 aliphatic carbocycles. The van der Waals surface area contributed by atoms with E-state index >= 15 is 0 Å². The molecule has 2 heterocycles. The Morgan fingerprint density at radius 2 is 2.14 bits per heavy atom. The maximum atomic E-state index is 12.5. The lowest BCUT2D eigenvalue weighted by Gasteiger charge is -2.34. The van der Waals surface area contributed by atoms with Crippen LogP contribution in [0.15, 0.2) is 42.7 Å². The molecule has 2 unspecified atom stereocenters. The smallest absolute Gasteiger partial charge is 0.253 e. The summed E-state index contributed by atoms with van der Waals surface area (Å²) >= 11 is 0. The zero-order chi connectivity index (χ0) is 15.5. The van der Waals surface area contributed by atoms with Crippen molar-refractivity contribution in [1.29, 1.82) is 0 Å². The molecule has 3 rings (SSSR count). The van der Waals surface area contributed by atoms with Gasteiger partial charge in [-0.05, 0) is 36.1 Å². The second-order valence-electron chi connectivity index (χ2n) is 5.99. The Labute approximate surface area is 130 Å². The molecule has 116 valence electrons. The lowest BCUT2D eigenvalue weighted by molar-refractivity contribution is 0.0248. The molecule has 1 aliphatic rings. The lowest BCUT2D eigenvalue weighted by atomic mass is 9.95. The molecule has 1 saturated heterocycles. The highest BCUT2D eigenvalue weighted by Gasteiger charge is 2.27. The summed E-state index contributed by atoms with van der Waals surface area (Å²) in [7, 11) is 0. The number of benzene rings is 1. The van der Waals surface area contributed by atoms with E-state index < -0.39 is 6.10 Å².